The SMILES string of the molecule is CC(C)N1CCc2nc(C(=O)Nc3cc(C(=O)O)c(F)cc3CNC(=O)c3ccc(Cl)s3)sc2C1.Cl. The fraction of sp³-hybridized carbons (Fsp3) is 0.304. The number of halogens is 3. The van der Waals surface area contributed by atoms with Crippen molar-refractivity contribution in [3.05, 3.63) is 66.0 Å². The van der Waals surface area contributed by atoms with Gasteiger partial charge in [0.05, 0.1) is 20.5 Å². The monoisotopic (exact) mass is 572 g/mol. The summed E-state index contributed by atoms with van der Waals surface area (Å²) in [5.41, 5.74) is 0.579. The number of thiazole rings is 1. The van der Waals surface area contributed by atoms with E-state index in [0.717, 1.165) is 47.0 Å². The van der Waals surface area contributed by atoms with Gasteiger partial charge in [0.2, 0.25) is 0 Å². The smallest absolute Gasteiger partial charge is 0.338 e. The molecular weight excluding hydrogens is 550 g/mol. The minimum absolute atomic E-state index is 0. The van der Waals surface area contributed by atoms with Gasteiger partial charge in [-0.25, -0.2) is 14.2 Å². The van der Waals surface area contributed by atoms with Crippen LogP contribution in [0.25, 0.3) is 0 Å². The van der Waals surface area contributed by atoms with Gasteiger partial charge in [-0.3, -0.25) is 14.5 Å². The molecule has 192 valence electrons. The van der Waals surface area contributed by atoms with Crippen LogP contribution in [0.1, 0.15) is 59.8 Å². The Morgan fingerprint density at radius 2 is 1.97 bits per heavy atom. The van der Waals surface area contributed by atoms with Gasteiger partial charge >= 0.3 is 5.97 Å². The van der Waals surface area contributed by atoms with Crippen molar-refractivity contribution < 1.29 is 23.9 Å². The van der Waals surface area contributed by atoms with Crippen LogP contribution >= 0.6 is 46.7 Å². The fourth-order valence-corrected chi connectivity index (χ4v) is 5.66. The van der Waals surface area contributed by atoms with Crippen molar-refractivity contribution in [3.8, 4) is 0 Å². The molecule has 3 N–H and O–H groups in total. The lowest BCUT2D eigenvalue weighted by molar-refractivity contribution is 0.0691. The number of carboxylic acids is 1. The van der Waals surface area contributed by atoms with Crippen LogP contribution in [0.2, 0.25) is 4.34 Å². The minimum atomic E-state index is -1.47. The highest BCUT2D eigenvalue weighted by molar-refractivity contribution is 7.18. The molecule has 0 atom stereocenters. The zero-order valence-corrected chi connectivity index (χ0v) is 22.5. The van der Waals surface area contributed by atoms with E-state index in [1.165, 1.54) is 11.3 Å². The summed E-state index contributed by atoms with van der Waals surface area (Å²) in [7, 11) is 0. The van der Waals surface area contributed by atoms with E-state index >= 15 is 0 Å². The molecule has 2 aromatic heterocycles. The van der Waals surface area contributed by atoms with E-state index in [9.17, 15) is 23.9 Å². The van der Waals surface area contributed by atoms with E-state index in [0.29, 0.717) is 21.8 Å². The first kappa shape index (κ1) is 28.0. The van der Waals surface area contributed by atoms with Gasteiger partial charge in [-0.15, -0.1) is 35.1 Å². The van der Waals surface area contributed by atoms with Crippen molar-refractivity contribution in [3.63, 3.8) is 0 Å². The molecule has 1 aliphatic heterocycles. The fourth-order valence-electron chi connectivity index (χ4n) is 3.67. The van der Waals surface area contributed by atoms with Crippen molar-refractivity contribution in [2.45, 2.75) is 39.4 Å². The summed E-state index contributed by atoms with van der Waals surface area (Å²) < 4.78 is 14.9. The first-order chi connectivity index (χ1) is 16.6. The van der Waals surface area contributed by atoms with Gasteiger partial charge in [-0.1, -0.05) is 11.6 Å². The summed E-state index contributed by atoms with van der Waals surface area (Å²) in [4.78, 5) is 45.0. The summed E-state index contributed by atoms with van der Waals surface area (Å²) in [6.07, 6.45) is 0.737. The molecule has 0 saturated carbocycles. The summed E-state index contributed by atoms with van der Waals surface area (Å²) in [5.74, 6) is -3.40. The molecule has 0 saturated heterocycles. The van der Waals surface area contributed by atoms with Crippen LogP contribution in [-0.4, -0.2) is 45.4 Å². The Hall–Kier alpha value is -2.57. The zero-order chi connectivity index (χ0) is 25.3. The first-order valence-electron chi connectivity index (χ1n) is 10.8. The van der Waals surface area contributed by atoms with Gasteiger partial charge in [-0.2, -0.15) is 0 Å². The molecule has 1 aliphatic rings. The standard InChI is InChI=1S/C23H22ClFN4O4S2.ClH/c1-11(2)29-6-5-15-18(10-29)35-22(28-15)21(31)27-16-8-13(23(32)33)14(25)7-12(16)9-26-20(30)17-3-4-19(24)34-17;/h3-4,7-8,11H,5-6,9-10H2,1-2H3,(H,26,30)(H,27,31)(H,32,33);1H. The predicted octanol–water partition coefficient (Wildman–Crippen LogP) is 5.07. The largest absolute Gasteiger partial charge is 0.478 e. The number of hydrogen-bond acceptors (Lipinski definition) is 7. The molecule has 0 unspecified atom stereocenters. The number of thiophene rings is 1. The van der Waals surface area contributed by atoms with Gasteiger partial charge in [0, 0.05) is 42.7 Å². The van der Waals surface area contributed by atoms with E-state index in [4.69, 9.17) is 11.6 Å². The molecule has 0 fully saturated rings. The second-order valence-electron chi connectivity index (χ2n) is 8.24. The second-order valence-corrected chi connectivity index (χ2v) is 11.0. The van der Waals surface area contributed by atoms with Gasteiger partial charge in [0.15, 0.2) is 5.01 Å². The Labute approximate surface area is 225 Å². The van der Waals surface area contributed by atoms with Crippen LogP contribution in [0.15, 0.2) is 24.3 Å². The molecule has 4 rings (SSSR count). The third kappa shape index (κ3) is 6.22. The number of amides is 2. The Bertz CT molecular complexity index is 1310. The summed E-state index contributed by atoms with van der Waals surface area (Å²) in [6, 6.07) is 5.56. The molecule has 8 nitrogen and oxygen atoms in total. The maximum Gasteiger partial charge on any atom is 0.338 e. The van der Waals surface area contributed by atoms with Gasteiger partial charge in [-0.05, 0) is 43.7 Å². The molecule has 0 spiro atoms. The third-order valence-electron chi connectivity index (χ3n) is 5.59. The highest BCUT2D eigenvalue weighted by Crippen LogP contribution is 2.28. The van der Waals surface area contributed by atoms with Crippen LogP contribution < -0.4 is 10.6 Å². The molecular formula is C23H23Cl2FN4O4S2. The number of aromatic nitrogens is 1. The van der Waals surface area contributed by atoms with Crippen LogP contribution in [0.3, 0.4) is 0 Å². The Kier molecular flexibility index (Phi) is 9.07. The number of carbonyl (C=O) groups excluding carboxylic acids is 2. The highest BCUT2D eigenvalue weighted by atomic mass is 35.5. The van der Waals surface area contributed by atoms with Gasteiger partial charge in [0.1, 0.15) is 5.82 Å². The molecule has 0 bridgehead atoms. The number of anilines is 1. The van der Waals surface area contributed by atoms with Crippen LogP contribution in [0.4, 0.5) is 10.1 Å². The molecule has 2 amide bonds. The lowest BCUT2D eigenvalue weighted by Crippen LogP contribution is -2.35. The van der Waals surface area contributed by atoms with Gasteiger partial charge in [0.25, 0.3) is 11.8 Å². The van der Waals surface area contributed by atoms with Gasteiger partial charge < -0.3 is 15.7 Å². The molecule has 1 aromatic carbocycles. The lowest BCUT2D eigenvalue weighted by Gasteiger charge is -2.29. The van der Waals surface area contributed by atoms with Crippen LogP contribution in [0.5, 0.6) is 0 Å². The number of hydrogen-bond donors (Lipinski definition) is 3. The molecule has 0 radical (unpaired) electrons. The number of aromatic carboxylic acids is 1. The number of nitrogens with zero attached hydrogens (tertiary/aromatic N) is 2. The predicted molar refractivity (Wildman–Crippen MR) is 140 cm³/mol. The quantitative estimate of drug-likeness (QED) is 0.364. The Morgan fingerprint density at radius 1 is 1.22 bits per heavy atom. The van der Waals surface area contributed by atoms with Crippen molar-refractivity contribution in [1.29, 1.82) is 0 Å². The summed E-state index contributed by atoms with van der Waals surface area (Å²) in [6.45, 7) is 5.65. The maximum atomic E-state index is 14.4. The van der Waals surface area contributed by atoms with Crippen molar-refractivity contribution in [1.82, 2.24) is 15.2 Å². The lowest BCUT2D eigenvalue weighted by atomic mass is 10.1. The number of carboxylic acid groups (broad SMARTS) is 1. The number of fused-ring (bicyclic) bond motifs is 1. The van der Waals surface area contributed by atoms with Crippen LogP contribution in [0, 0.1) is 5.82 Å². The number of carbonyl (C=O) groups is 3. The summed E-state index contributed by atoms with van der Waals surface area (Å²) >= 11 is 8.24. The molecule has 3 aromatic rings. The van der Waals surface area contributed by atoms with Crippen molar-refractivity contribution in [2.24, 2.45) is 0 Å². The van der Waals surface area contributed by atoms with E-state index in [1.807, 2.05) is 0 Å². The maximum absolute atomic E-state index is 14.4. The average molecular weight is 573 g/mol. The van der Waals surface area contributed by atoms with Crippen molar-refractivity contribution >= 4 is 70.2 Å². The zero-order valence-electron chi connectivity index (χ0n) is 19.3. The second kappa shape index (κ2) is 11.7. The highest BCUT2D eigenvalue weighted by Gasteiger charge is 2.25. The topological polar surface area (TPSA) is 112 Å². The first-order valence-corrected chi connectivity index (χ1v) is 12.8. The Morgan fingerprint density at radius 3 is 2.61 bits per heavy atom. The molecule has 36 heavy (non-hydrogen) atoms. The average Bonchev–Trinajstić information content (AvgIpc) is 3.44. The minimum Gasteiger partial charge on any atom is -0.478 e. The van der Waals surface area contributed by atoms with E-state index < -0.39 is 29.2 Å². The third-order valence-corrected chi connectivity index (χ3v) is 7.90. The number of nitrogens with one attached hydrogen (secondary N) is 2. The number of benzene rings is 1. The molecule has 0 aliphatic carbocycles. The summed E-state index contributed by atoms with van der Waals surface area (Å²) in [5, 5.41) is 14.9. The van der Waals surface area contributed by atoms with Crippen molar-refractivity contribution in [2.75, 3.05) is 11.9 Å². The normalized spacial score (nSPS) is 13.1. The van der Waals surface area contributed by atoms with E-state index in [1.54, 1.807) is 12.1 Å². The molecule has 3 heterocycles. The van der Waals surface area contributed by atoms with E-state index in [2.05, 4.69) is 34.4 Å². The number of rotatable bonds is 7. The Balaban J connectivity index is 0.00000361. The van der Waals surface area contributed by atoms with E-state index in [-0.39, 0.29) is 35.2 Å². The van der Waals surface area contributed by atoms with Crippen LogP contribution in [-0.2, 0) is 19.5 Å². The molecule has 13 heteroatoms.